The third-order valence-electron chi connectivity index (χ3n) is 18.4. The number of carbonyl (C=O) groups excluding carboxylic acids is 11. The Balaban J connectivity index is 0.000000365. The Kier molecular flexibility index (Phi) is 44.0. The summed E-state index contributed by atoms with van der Waals surface area (Å²) >= 11 is 0. The highest BCUT2D eigenvalue weighted by molar-refractivity contribution is 6.02. The van der Waals surface area contributed by atoms with Crippen molar-refractivity contribution in [1.29, 1.82) is 0 Å². The minimum atomic E-state index is -0.751. The highest BCUT2D eigenvalue weighted by Gasteiger charge is 2.42. The number of hydrogen-bond donors (Lipinski definition) is 4. The van der Waals surface area contributed by atoms with E-state index in [1.807, 2.05) is 184 Å². The smallest absolute Gasteiger partial charge is 0.410 e. The van der Waals surface area contributed by atoms with Crippen molar-refractivity contribution in [3.05, 3.63) is 144 Å². The summed E-state index contributed by atoms with van der Waals surface area (Å²) in [5, 5.41) is 9.95. The fourth-order valence-electron chi connectivity index (χ4n) is 12.7. The van der Waals surface area contributed by atoms with Gasteiger partial charge in [-0.3, -0.25) is 43.3 Å². The lowest BCUT2D eigenvalue weighted by atomic mass is 9.90. The van der Waals surface area contributed by atoms with Crippen LogP contribution in [-0.4, -0.2) is 212 Å². The monoisotopic (exact) mass is 1610 g/mol. The van der Waals surface area contributed by atoms with Crippen LogP contribution >= 0.6 is 12.4 Å². The Morgan fingerprint density at radius 2 is 0.754 bits per heavy atom. The standard InChI is InChI=1S/2C21H32N2O4.C15H19NO3.C13H21NO5.C8H13NO3.C8H11N.ClH/c2*1-6-26-19(24)17-12-13-23(20(25)27-21(3,4)5)14-18(17)22-15(2)16-10-8-7-9-11-16;1-2-19-15(18)13-8-9-16(11-14(13)17)10-12-6-4-3-5-7-12;1-5-18-11(16)9-6-7-14(8-10(9)15)12(17)19-13(2,3)4;1-2-12-8(11)6-3-4-9-5-7(6)10;1-7(9)8-5-3-2-4-6-8;/h2*7-11,15,17-18,22H,6,12-14H2,1-5H3;3-7,13H,2,8-11H2,1H3;9H,5-8H2,1-4H3;6,9H,2-5H2,1H3;2-7H,9H2,1H3;1H/t2*15-,17?,18?;;;;7-;/m00...0./s1. The number of ketones is 3. The molecule has 0 spiro atoms. The van der Waals surface area contributed by atoms with Crippen molar-refractivity contribution in [2.75, 3.05) is 98.5 Å². The van der Waals surface area contributed by atoms with Crippen LogP contribution in [0.25, 0.3) is 0 Å². The lowest BCUT2D eigenvalue weighted by Gasteiger charge is -2.39. The Morgan fingerprint density at radius 1 is 0.430 bits per heavy atom. The number of amides is 3. The van der Waals surface area contributed by atoms with E-state index in [9.17, 15) is 52.7 Å². The predicted octanol–water partition coefficient (Wildman–Crippen LogP) is 11.9. The van der Waals surface area contributed by atoms with Crippen LogP contribution in [0.1, 0.15) is 190 Å². The third kappa shape index (κ3) is 36.3. The van der Waals surface area contributed by atoms with Crippen molar-refractivity contribution in [3.63, 3.8) is 0 Å². The predicted molar refractivity (Wildman–Crippen MR) is 437 cm³/mol. The molecular formula is C86H129ClN8O19. The molecule has 4 aromatic carbocycles. The van der Waals surface area contributed by atoms with E-state index in [4.69, 9.17) is 43.6 Å². The molecule has 28 heteroatoms. The number of hydrogen-bond acceptors (Lipinski definition) is 24. The van der Waals surface area contributed by atoms with Gasteiger partial charge in [0.2, 0.25) is 0 Å². The number of Topliss-reactive ketones (excluding diaryl/α,β-unsaturated/α-hetero) is 3. The van der Waals surface area contributed by atoms with Crippen molar-refractivity contribution in [2.45, 2.75) is 203 Å². The van der Waals surface area contributed by atoms with Crippen LogP contribution in [-0.2, 0) is 82.8 Å². The van der Waals surface area contributed by atoms with Crippen molar-refractivity contribution < 1.29 is 90.6 Å². The van der Waals surface area contributed by atoms with Gasteiger partial charge in [-0.1, -0.05) is 121 Å². The van der Waals surface area contributed by atoms with E-state index in [1.165, 1.54) is 16.0 Å². The number of ether oxygens (including phenoxy) is 8. The molecule has 5 fully saturated rings. The molecule has 0 aromatic heterocycles. The third-order valence-corrected chi connectivity index (χ3v) is 18.4. The first-order chi connectivity index (χ1) is 53.4. The molecule has 7 unspecified atom stereocenters. The number of esters is 5. The minimum Gasteiger partial charge on any atom is -0.466 e. The van der Waals surface area contributed by atoms with Crippen LogP contribution in [0, 0.1) is 29.6 Å². The zero-order chi connectivity index (χ0) is 84.0. The Morgan fingerprint density at radius 3 is 1.09 bits per heavy atom. The maximum absolute atomic E-state index is 12.5. The highest BCUT2D eigenvalue weighted by atomic mass is 35.5. The number of carbonyl (C=O) groups is 11. The number of nitrogens with two attached hydrogens (primary N) is 1. The summed E-state index contributed by atoms with van der Waals surface area (Å²) in [6, 6.07) is 40.1. The molecule has 0 saturated carbocycles. The SMILES string of the molecule is CCOC(=O)C1CCN(C(=O)OC(C)(C)C)CC1=O.CCOC(=O)C1CCN(C(=O)OC(C)(C)C)CC1N[C@@H](C)c1ccccc1.CCOC(=O)C1CCN(C(=O)OC(C)(C)C)CC1N[C@@H](C)c1ccccc1.CCOC(=O)C1CCN(Cc2ccccc2)CC1=O.CCOC(=O)C1CCNCC1=O.C[C@H](N)c1ccccc1.Cl. The van der Waals surface area contributed by atoms with Crippen LogP contribution in [0.3, 0.4) is 0 Å². The zero-order valence-corrected chi connectivity index (χ0v) is 71.0. The summed E-state index contributed by atoms with van der Waals surface area (Å²) < 4.78 is 41.2. The second-order valence-electron chi connectivity index (χ2n) is 31.1. The van der Waals surface area contributed by atoms with Crippen LogP contribution in [0.5, 0.6) is 0 Å². The van der Waals surface area contributed by atoms with Crippen molar-refractivity contribution in [2.24, 2.45) is 35.3 Å². The molecule has 5 aliphatic heterocycles. The van der Waals surface area contributed by atoms with Gasteiger partial charge in [0, 0.05) is 76.0 Å². The van der Waals surface area contributed by atoms with E-state index in [-0.39, 0.29) is 127 Å². The molecule has 9 rings (SSSR count). The van der Waals surface area contributed by atoms with Gasteiger partial charge in [0.05, 0.1) is 64.5 Å². The van der Waals surface area contributed by atoms with Crippen LogP contribution in [0.4, 0.5) is 14.4 Å². The molecule has 5 saturated heterocycles. The molecule has 5 heterocycles. The van der Waals surface area contributed by atoms with Crippen LogP contribution < -0.4 is 21.7 Å². The first kappa shape index (κ1) is 99.3. The van der Waals surface area contributed by atoms with Gasteiger partial charge in [-0.25, -0.2) is 14.4 Å². The van der Waals surface area contributed by atoms with Gasteiger partial charge in [-0.05, 0) is 179 Å². The van der Waals surface area contributed by atoms with Gasteiger partial charge < -0.3 is 74.3 Å². The van der Waals surface area contributed by atoms with E-state index in [0.717, 1.165) is 30.8 Å². The van der Waals surface area contributed by atoms with Crippen LogP contribution in [0.15, 0.2) is 121 Å². The molecular weight excluding hydrogens is 1480 g/mol. The number of nitrogens with one attached hydrogen (secondary N) is 3. The fraction of sp³-hybridized carbons (Fsp3) is 0.593. The normalized spacial score (nSPS) is 20.4. The summed E-state index contributed by atoms with van der Waals surface area (Å²) in [4.78, 5) is 138. The Bertz CT molecular complexity index is 3490. The summed E-state index contributed by atoms with van der Waals surface area (Å²) in [5.41, 5.74) is 8.57. The van der Waals surface area contributed by atoms with Gasteiger partial charge in [-0.15, -0.1) is 12.4 Å². The van der Waals surface area contributed by atoms with E-state index >= 15 is 0 Å². The maximum Gasteiger partial charge on any atom is 0.410 e. The molecule has 27 nitrogen and oxygen atoms in total. The fourth-order valence-corrected chi connectivity index (χ4v) is 12.7. The summed E-state index contributed by atoms with van der Waals surface area (Å²) in [5.74, 6) is -4.44. The average Bonchev–Trinajstić information content (AvgIpc) is 0.811. The number of likely N-dealkylation sites (tertiary alicyclic amines) is 4. The average molecular weight is 1610 g/mol. The van der Waals surface area contributed by atoms with E-state index in [1.54, 1.807) is 51.3 Å². The number of benzene rings is 4. The number of piperidine rings is 5. The molecule has 5 N–H and O–H groups in total. The van der Waals surface area contributed by atoms with E-state index in [2.05, 4.69) is 34.7 Å². The minimum absolute atomic E-state index is 0. The van der Waals surface area contributed by atoms with Gasteiger partial charge in [0.1, 0.15) is 34.6 Å². The number of rotatable bonds is 19. The highest BCUT2D eigenvalue weighted by Crippen LogP contribution is 2.28. The molecule has 4 aromatic rings. The van der Waals surface area contributed by atoms with Crippen LogP contribution in [0.2, 0.25) is 0 Å². The van der Waals surface area contributed by atoms with Crippen molar-refractivity contribution >= 4 is 77.9 Å². The topological polar surface area (TPSA) is 337 Å². The Hall–Kier alpha value is -8.86. The lowest BCUT2D eigenvalue weighted by Crippen LogP contribution is -2.56. The summed E-state index contributed by atoms with van der Waals surface area (Å²) in [6.07, 6.45) is 1.31. The first-order valence-electron chi connectivity index (χ1n) is 39.7. The van der Waals surface area contributed by atoms with Gasteiger partial charge in [0.25, 0.3) is 0 Å². The second kappa shape index (κ2) is 50.5. The summed E-state index contributed by atoms with van der Waals surface area (Å²) in [7, 11) is 0. The quantitative estimate of drug-likeness (QED) is 0.0385. The number of halogens is 1. The molecule has 10 atom stereocenters. The zero-order valence-electron chi connectivity index (χ0n) is 70.2. The Labute approximate surface area is 681 Å². The molecule has 634 valence electrons. The lowest BCUT2D eigenvalue weighted by molar-refractivity contribution is -0.155. The molecule has 5 aliphatic rings. The molecule has 0 aliphatic carbocycles. The van der Waals surface area contributed by atoms with Crippen molar-refractivity contribution in [1.82, 2.24) is 35.6 Å². The second-order valence-corrected chi connectivity index (χ2v) is 31.1. The molecule has 3 amide bonds. The maximum atomic E-state index is 12.5. The largest absolute Gasteiger partial charge is 0.466 e. The number of nitrogens with zero attached hydrogens (tertiary/aromatic N) is 4. The summed E-state index contributed by atoms with van der Waals surface area (Å²) in [6.45, 7) is 37.8. The van der Waals surface area contributed by atoms with E-state index in [0.29, 0.717) is 97.9 Å². The van der Waals surface area contributed by atoms with Gasteiger partial charge in [-0.2, -0.15) is 0 Å². The van der Waals surface area contributed by atoms with Gasteiger partial charge >= 0.3 is 48.1 Å². The van der Waals surface area contributed by atoms with Gasteiger partial charge in [0.15, 0.2) is 17.3 Å². The first-order valence-corrected chi connectivity index (χ1v) is 39.7. The molecule has 0 bridgehead atoms. The van der Waals surface area contributed by atoms with Crippen molar-refractivity contribution in [3.8, 4) is 0 Å². The molecule has 0 radical (unpaired) electrons. The molecule has 114 heavy (non-hydrogen) atoms. The van der Waals surface area contributed by atoms with E-state index < -0.39 is 46.6 Å².